The number of benzene rings is 1. The molecule has 0 aliphatic heterocycles. The van der Waals surface area contributed by atoms with Gasteiger partial charge >= 0.3 is 0 Å². The van der Waals surface area contributed by atoms with Crippen LogP contribution in [0.5, 0.6) is 0 Å². The van der Waals surface area contributed by atoms with E-state index in [1.807, 2.05) is 0 Å². The summed E-state index contributed by atoms with van der Waals surface area (Å²) in [5, 5.41) is 0. The van der Waals surface area contributed by atoms with E-state index >= 15 is 0 Å². The Morgan fingerprint density at radius 1 is 0.839 bits per heavy atom. The molecule has 0 spiro atoms. The van der Waals surface area contributed by atoms with Gasteiger partial charge in [-0.25, -0.2) is 0 Å². The standard InChI is InChI=1S/C29H34O2/c1-17-12-25(22-5-2-4-21(17)22)20(16-30)13-18-8-10-19(11-9-18)14-27-26-15-28(29(27)31)24-7-3-6-23(24)26/h8-11,13-14,16-17,21-26,28H,2-7,12,15H2,1H3. The second kappa shape index (κ2) is 7.57. The maximum atomic E-state index is 12.9. The van der Waals surface area contributed by atoms with Crippen LogP contribution in [0.2, 0.25) is 0 Å². The number of rotatable bonds is 4. The number of ketones is 1. The van der Waals surface area contributed by atoms with Crippen LogP contribution in [0.25, 0.3) is 12.2 Å². The number of hydrogen-bond donors (Lipinski definition) is 0. The summed E-state index contributed by atoms with van der Waals surface area (Å²) in [5.74, 6) is 5.41. The first-order chi connectivity index (χ1) is 15.1. The normalized spacial score (nSPS) is 42.4. The highest BCUT2D eigenvalue weighted by Gasteiger charge is 2.56. The van der Waals surface area contributed by atoms with Crippen LogP contribution in [0.4, 0.5) is 0 Å². The molecule has 2 heteroatoms. The zero-order valence-electron chi connectivity index (χ0n) is 18.6. The zero-order valence-corrected chi connectivity index (χ0v) is 18.6. The van der Waals surface area contributed by atoms with E-state index < -0.39 is 0 Å². The lowest BCUT2D eigenvalue weighted by molar-refractivity contribution is -0.120. The quantitative estimate of drug-likeness (QED) is 0.424. The molecule has 0 N–H and O–H groups in total. The Labute approximate surface area is 186 Å². The maximum absolute atomic E-state index is 12.9. The van der Waals surface area contributed by atoms with Gasteiger partial charge in [-0.05, 0) is 114 Å². The summed E-state index contributed by atoms with van der Waals surface area (Å²) in [6, 6.07) is 8.50. The van der Waals surface area contributed by atoms with E-state index in [0.717, 1.165) is 59.2 Å². The number of hydrogen-bond acceptors (Lipinski definition) is 2. The van der Waals surface area contributed by atoms with Crippen molar-refractivity contribution >= 4 is 24.2 Å². The minimum atomic E-state index is 0.314. The highest BCUT2D eigenvalue weighted by molar-refractivity contribution is 6.05. The monoisotopic (exact) mass is 414 g/mol. The van der Waals surface area contributed by atoms with Crippen molar-refractivity contribution in [3.8, 4) is 0 Å². The molecular weight excluding hydrogens is 380 g/mol. The summed E-state index contributed by atoms with van der Waals surface area (Å²) >= 11 is 0. The first-order valence-electron chi connectivity index (χ1n) is 12.7. The Morgan fingerprint density at radius 3 is 2.23 bits per heavy atom. The SMILES string of the molecule is CC1CC(C(C=O)=Cc2ccc(C=C3C(=O)C4CC3C3CCCC43)cc2)C2CCCC12. The molecule has 1 aromatic rings. The van der Waals surface area contributed by atoms with Gasteiger partial charge in [0.05, 0.1) is 0 Å². The molecule has 2 bridgehead atoms. The summed E-state index contributed by atoms with van der Waals surface area (Å²) in [7, 11) is 0. The minimum Gasteiger partial charge on any atom is -0.298 e. The fourth-order valence-electron chi connectivity index (χ4n) is 8.52. The van der Waals surface area contributed by atoms with Crippen LogP contribution in [0.15, 0.2) is 35.4 Å². The number of carbonyl (C=O) groups is 2. The van der Waals surface area contributed by atoms with Gasteiger partial charge in [-0.1, -0.05) is 44.0 Å². The van der Waals surface area contributed by atoms with Crippen molar-refractivity contribution in [1.29, 1.82) is 0 Å². The smallest absolute Gasteiger partial charge is 0.162 e. The van der Waals surface area contributed by atoms with Gasteiger partial charge in [-0.15, -0.1) is 0 Å². The predicted molar refractivity (Wildman–Crippen MR) is 124 cm³/mol. The van der Waals surface area contributed by atoms with Crippen LogP contribution in [0.1, 0.15) is 69.4 Å². The van der Waals surface area contributed by atoms with Crippen molar-refractivity contribution in [2.24, 2.45) is 47.3 Å². The third kappa shape index (κ3) is 3.12. The van der Waals surface area contributed by atoms with Gasteiger partial charge in [0, 0.05) is 5.92 Å². The van der Waals surface area contributed by atoms with Crippen molar-refractivity contribution in [2.45, 2.75) is 58.3 Å². The molecule has 8 atom stereocenters. The van der Waals surface area contributed by atoms with Crippen LogP contribution >= 0.6 is 0 Å². The highest BCUT2D eigenvalue weighted by Crippen LogP contribution is 2.59. The molecule has 5 saturated carbocycles. The molecular formula is C29H34O2. The van der Waals surface area contributed by atoms with Crippen LogP contribution < -0.4 is 0 Å². The molecule has 8 unspecified atom stereocenters. The fraction of sp³-hybridized carbons (Fsp3) is 0.586. The molecule has 0 aromatic heterocycles. The average molecular weight is 415 g/mol. The Bertz CT molecular complexity index is 951. The molecule has 0 heterocycles. The third-order valence-electron chi connectivity index (χ3n) is 9.84. The molecule has 5 fully saturated rings. The van der Waals surface area contributed by atoms with E-state index in [1.165, 1.54) is 38.5 Å². The first kappa shape index (κ1) is 19.7. The van der Waals surface area contributed by atoms with Gasteiger partial charge in [0.2, 0.25) is 0 Å². The summed E-state index contributed by atoms with van der Waals surface area (Å²) in [6.07, 6.45) is 15.5. The number of Topliss-reactive ketones (excluding diaryl/α,β-unsaturated/α-hetero) is 1. The Kier molecular flexibility index (Phi) is 4.81. The second-order valence-corrected chi connectivity index (χ2v) is 11.2. The van der Waals surface area contributed by atoms with Gasteiger partial charge in [0.15, 0.2) is 5.78 Å². The summed E-state index contributed by atoms with van der Waals surface area (Å²) < 4.78 is 0. The van der Waals surface area contributed by atoms with E-state index in [-0.39, 0.29) is 0 Å². The summed E-state index contributed by atoms with van der Waals surface area (Å²) in [6.45, 7) is 2.37. The number of fused-ring (bicyclic) bond motifs is 6. The van der Waals surface area contributed by atoms with E-state index in [1.54, 1.807) is 0 Å². The van der Waals surface area contributed by atoms with Gasteiger partial charge in [-0.3, -0.25) is 9.59 Å². The van der Waals surface area contributed by atoms with E-state index in [0.29, 0.717) is 35.4 Å². The Hall–Kier alpha value is -1.96. The minimum absolute atomic E-state index is 0.314. The number of carbonyl (C=O) groups excluding carboxylic acids is 2. The van der Waals surface area contributed by atoms with E-state index in [9.17, 15) is 9.59 Å². The topological polar surface area (TPSA) is 34.1 Å². The Balaban J connectivity index is 1.22. The molecule has 2 nitrogen and oxygen atoms in total. The summed E-state index contributed by atoms with van der Waals surface area (Å²) in [5.41, 5.74) is 4.31. The molecule has 31 heavy (non-hydrogen) atoms. The third-order valence-corrected chi connectivity index (χ3v) is 9.84. The molecule has 5 aliphatic rings. The maximum Gasteiger partial charge on any atom is 0.162 e. The van der Waals surface area contributed by atoms with Gasteiger partial charge in [0.25, 0.3) is 0 Å². The van der Waals surface area contributed by atoms with E-state index in [4.69, 9.17) is 0 Å². The van der Waals surface area contributed by atoms with Gasteiger partial charge in [-0.2, -0.15) is 0 Å². The van der Waals surface area contributed by atoms with Crippen LogP contribution in [-0.2, 0) is 9.59 Å². The molecule has 5 aliphatic carbocycles. The fourth-order valence-corrected chi connectivity index (χ4v) is 8.52. The lowest BCUT2D eigenvalue weighted by Crippen LogP contribution is -2.26. The van der Waals surface area contributed by atoms with Gasteiger partial charge < -0.3 is 0 Å². The highest BCUT2D eigenvalue weighted by atomic mass is 16.1. The second-order valence-electron chi connectivity index (χ2n) is 11.2. The Morgan fingerprint density at radius 2 is 1.48 bits per heavy atom. The number of allylic oxidation sites excluding steroid dienone is 2. The largest absolute Gasteiger partial charge is 0.298 e. The first-order valence-corrected chi connectivity index (χ1v) is 12.7. The van der Waals surface area contributed by atoms with Crippen LogP contribution in [0.3, 0.4) is 0 Å². The van der Waals surface area contributed by atoms with Crippen molar-refractivity contribution in [3.05, 3.63) is 46.5 Å². The zero-order chi connectivity index (χ0) is 21.1. The van der Waals surface area contributed by atoms with Crippen LogP contribution in [0, 0.1) is 47.3 Å². The average Bonchev–Trinajstić information content (AvgIpc) is 3.56. The molecule has 162 valence electrons. The molecule has 1 aromatic carbocycles. The van der Waals surface area contributed by atoms with Crippen molar-refractivity contribution in [3.63, 3.8) is 0 Å². The molecule has 6 rings (SSSR count). The molecule has 0 amide bonds. The molecule has 0 radical (unpaired) electrons. The van der Waals surface area contributed by atoms with Crippen molar-refractivity contribution in [2.75, 3.05) is 0 Å². The van der Waals surface area contributed by atoms with Crippen molar-refractivity contribution < 1.29 is 9.59 Å². The number of aldehydes is 1. The summed E-state index contributed by atoms with van der Waals surface area (Å²) in [4.78, 5) is 24.9. The van der Waals surface area contributed by atoms with Gasteiger partial charge in [0.1, 0.15) is 6.29 Å². The van der Waals surface area contributed by atoms with Crippen LogP contribution in [-0.4, -0.2) is 12.1 Å². The molecule has 0 saturated heterocycles. The predicted octanol–water partition coefficient (Wildman–Crippen LogP) is 6.36. The lowest BCUT2D eigenvalue weighted by atomic mass is 9.78. The lowest BCUT2D eigenvalue weighted by Gasteiger charge is -2.25. The van der Waals surface area contributed by atoms with E-state index in [2.05, 4.69) is 43.3 Å². The van der Waals surface area contributed by atoms with Crippen molar-refractivity contribution in [1.82, 2.24) is 0 Å².